The van der Waals surface area contributed by atoms with Crippen LogP contribution in [0.25, 0.3) is 0 Å². The number of aliphatic hydroxyl groups is 1. The molecule has 0 rings (SSSR count). The zero-order valence-electron chi connectivity index (χ0n) is 14.4. The Morgan fingerprint density at radius 1 is 0.619 bits per heavy atom. The lowest BCUT2D eigenvalue weighted by Gasteiger charge is -2.07. The summed E-state index contributed by atoms with van der Waals surface area (Å²) >= 11 is 0. The molecule has 0 fully saturated rings. The van der Waals surface area contributed by atoms with Crippen molar-refractivity contribution < 1.29 is 9.50 Å². The van der Waals surface area contributed by atoms with Crippen LogP contribution in [0.5, 0.6) is 0 Å². The lowest BCUT2D eigenvalue weighted by atomic mass is 10.0. The van der Waals surface area contributed by atoms with Gasteiger partial charge in [0, 0.05) is 6.61 Å². The second-order valence-electron chi connectivity index (χ2n) is 6.49. The van der Waals surface area contributed by atoms with E-state index in [1.807, 2.05) is 0 Å². The number of alkyl halides is 1. The van der Waals surface area contributed by atoms with Gasteiger partial charge in [-0.15, -0.1) is 0 Å². The van der Waals surface area contributed by atoms with Crippen LogP contribution in [-0.2, 0) is 0 Å². The molecule has 1 atom stereocenters. The fourth-order valence-electron chi connectivity index (χ4n) is 2.83. The molecule has 128 valence electrons. The van der Waals surface area contributed by atoms with Gasteiger partial charge in [0.15, 0.2) is 0 Å². The standard InChI is InChI=1S/C19H39FO/c1-2-3-4-5-6-7-8-9-10-11-12-13-16-19(20)17-14-15-18-21/h19,21H,2-18H2,1H3/t19-/m0/s1. The number of unbranched alkanes of at least 4 members (excludes halogenated alkanes) is 12. The maximum Gasteiger partial charge on any atom is 0.100 e. The highest BCUT2D eigenvalue weighted by atomic mass is 19.1. The van der Waals surface area contributed by atoms with Crippen molar-refractivity contribution in [1.29, 1.82) is 0 Å². The van der Waals surface area contributed by atoms with Gasteiger partial charge in [0.05, 0.1) is 0 Å². The summed E-state index contributed by atoms with van der Waals surface area (Å²) in [4.78, 5) is 0. The van der Waals surface area contributed by atoms with Gasteiger partial charge in [-0.3, -0.25) is 0 Å². The summed E-state index contributed by atoms with van der Waals surface area (Å²) in [6.45, 7) is 2.46. The predicted molar refractivity (Wildman–Crippen MR) is 91.5 cm³/mol. The van der Waals surface area contributed by atoms with E-state index < -0.39 is 6.17 Å². The van der Waals surface area contributed by atoms with Crippen molar-refractivity contribution in [2.24, 2.45) is 0 Å². The summed E-state index contributed by atoms with van der Waals surface area (Å²) in [6.07, 6.45) is 18.3. The Kier molecular flexibility index (Phi) is 17.8. The lowest BCUT2D eigenvalue weighted by molar-refractivity contribution is 0.251. The van der Waals surface area contributed by atoms with Crippen LogP contribution in [0, 0.1) is 0 Å². The van der Waals surface area contributed by atoms with Gasteiger partial charge in [0.1, 0.15) is 6.17 Å². The molecule has 0 saturated carbocycles. The van der Waals surface area contributed by atoms with Crippen LogP contribution in [0.2, 0.25) is 0 Å². The van der Waals surface area contributed by atoms with Crippen LogP contribution < -0.4 is 0 Å². The molecule has 1 N–H and O–H groups in total. The fraction of sp³-hybridized carbons (Fsp3) is 1.00. The van der Waals surface area contributed by atoms with Crippen molar-refractivity contribution in [2.75, 3.05) is 6.61 Å². The second-order valence-corrected chi connectivity index (χ2v) is 6.49. The average Bonchev–Trinajstić information content (AvgIpc) is 2.48. The van der Waals surface area contributed by atoms with Gasteiger partial charge in [-0.05, 0) is 25.7 Å². The third-order valence-corrected chi connectivity index (χ3v) is 4.30. The Morgan fingerprint density at radius 2 is 1.00 bits per heavy atom. The molecule has 0 saturated heterocycles. The monoisotopic (exact) mass is 302 g/mol. The maximum atomic E-state index is 13.4. The van der Waals surface area contributed by atoms with Gasteiger partial charge in [-0.1, -0.05) is 84.0 Å². The molecule has 0 bridgehead atoms. The summed E-state index contributed by atoms with van der Waals surface area (Å²) in [5.74, 6) is 0. The fourth-order valence-corrected chi connectivity index (χ4v) is 2.83. The van der Waals surface area contributed by atoms with Crippen LogP contribution in [0.3, 0.4) is 0 Å². The molecule has 2 heteroatoms. The summed E-state index contributed by atoms with van der Waals surface area (Å²) in [7, 11) is 0. The van der Waals surface area contributed by atoms with Gasteiger partial charge in [0.25, 0.3) is 0 Å². The third-order valence-electron chi connectivity index (χ3n) is 4.30. The van der Waals surface area contributed by atoms with E-state index in [1.54, 1.807) is 0 Å². The molecular formula is C19H39FO. The largest absolute Gasteiger partial charge is 0.396 e. The molecule has 0 aromatic rings. The first-order valence-corrected chi connectivity index (χ1v) is 9.56. The zero-order valence-corrected chi connectivity index (χ0v) is 14.4. The molecule has 1 nitrogen and oxygen atoms in total. The number of hydrogen-bond donors (Lipinski definition) is 1. The van der Waals surface area contributed by atoms with Crippen molar-refractivity contribution in [3.05, 3.63) is 0 Å². The Balaban J connectivity index is 3.05. The van der Waals surface area contributed by atoms with E-state index in [0.717, 1.165) is 25.7 Å². The van der Waals surface area contributed by atoms with E-state index >= 15 is 0 Å². The number of rotatable bonds is 17. The molecule has 0 aliphatic rings. The minimum absolute atomic E-state index is 0.200. The average molecular weight is 303 g/mol. The first kappa shape index (κ1) is 20.9. The highest BCUT2D eigenvalue weighted by Gasteiger charge is 2.05. The van der Waals surface area contributed by atoms with E-state index in [2.05, 4.69) is 6.92 Å². The van der Waals surface area contributed by atoms with E-state index in [4.69, 9.17) is 5.11 Å². The van der Waals surface area contributed by atoms with Crippen LogP contribution in [-0.4, -0.2) is 17.9 Å². The quantitative estimate of drug-likeness (QED) is 0.301. The SMILES string of the molecule is CCCCCCCCCCCCCC[C@H](F)CCCCO. The molecule has 0 aromatic heterocycles. The number of hydrogen-bond acceptors (Lipinski definition) is 1. The van der Waals surface area contributed by atoms with E-state index in [-0.39, 0.29) is 6.61 Å². The molecule has 0 amide bonds. The first-order chi connectivity index (χ1) is 10.3. The topological polar surface area (TPSA) is 20.2 Å². The molecule has 0 aliphatic heterocycles. The minimum Gasteiger partial charge on any atom is -0.396 e. The summed E-state index contributed by atoms with van der Waals surface area (Å²) in [5, 5.41) is 8.65. The van der Waals surface area contributed by atoms with Crippen LogP contribution in [0.1, 0.15) is 110 Å². The van der Waals surface area contributed by atoms with E-state index in [1.165, 1.54) is 70.6 Å². The molecule has 0 spiro atoms. The maximum absolute atomic E-state index is 13.4. The highest BCUT2D eigenvalue weighted by Crippen LogP contribution is 2.15. The molecule has 0 radical (unpaired) electrons. The lowest BCUT2D eigenvalue weighted by Crippen LogP contribution is -2.00. The normalized spacial score (nSPS) is 12.7. The van der Waals surface area contributed by atoms with Crippen LogP contribution >= 0.6 is 0 Å². The Labute approximate surface area is 132 Å². The van der Waals surface area contributed by atoms with Gasteiger partial charge in [-0.25, -0.2) is 4.39 Å². The molecular weight excluding hydrogens is 263 g/mol. The van der Waals surface area contributed by atoms with Crippen molar-refractivity contribution in [2.45, 2.75) is 116 Å². The van der Waals surface area contributed by atoms with Gasteiger partial charge < -0.3 is 5.11 Å². The van der Waals surface area contributed by atoms with Gasteiger partial charge in [-0.2, -0.15) is 0 Å². The smallest absolute Gasteiger partial charge is 0.100 e. The summed E-state index contributed by atoms with van der Waals surface area (Å²) in [5.41, 5.74) is 0. The first-order valence-electron chi connectivity index (χ1n) is 9.56. The van der Waals surface area contributed by atoms with Crippen LogP contribution in [0.4, 0.5) is 4.39 Å². The minimum atomic E-state index is -0.639. The second kappa shape index (κ2) is 17.9. The molecule has 0 heterocycles. The van der Waals surface area contributed by atoms with Gasteiger partial charge in [0.2, 0.25) is 0 Å². The molecule has 0 aromatic carbocycles. The Bertz CT molecular complexity index is 184. The number of aliphatic hydroxyl groups excluding tert-OH is 1. The van der Waals surface area contributed by atoms with E-state index in [0.29, 0.717) is 6.42 Å². The van der Waals surface area contributed by atoms with Crippen molar-refractivity contribution >= 4 is 0 Å². The highest BCUT2D eigenvalue weighted by molar-refractivity contribution is 4.57. The summed E-state index contributed by atoms with van der Waals surface area (Å²) in [6, 6.07) is 0. The zero-order chi connectivity index (χ0) is 15.6. The van der Waals surface area contributed by atoms with Gasteiger partial charge >= 0.3 is 0 Å². The predicted octanol–water partition coefficient (Wildman–Crippen LogP) is 6.58. The Morgan fingerprint density at radius 3 is 1.43 bits per heavy atom. The van der Waals surface area contributed by atoms with Crippen molar-refractivity contribution in [3.8, 4) is 0 Å². The summed E-state index contributed by atoms with van der Waals surface area (Å²) < 4.78 is 13.4. The third kappa shape index (κ3) is 17.8. The molecule has 21 heavy (non-hydrogen) atoms. The Hall–Kier alpha value is -0.110. The molecule has 0 unspecified atom stereocenters. The van der Waals surface area contributed by atoms with Crippen LogP contribution in [0.15, 0.2) is 0 Å². The van der Waals surface area contributed by atoms with Crippen molar-refractivity contribution in [1.82, 2.24) is 0 Å². The van der Waals surface area contributed by atoms with Crippen molar-refractivity contribution in [3.63, 3.8) is 0 Å². The number of halogens is 1. The van der Waals surface area contributed by atoms with E-state index in [9.17, 15) is 4.39 Å². The molecule has 0 aliphatic carbocycles.